The van der Waals surface area contributed by atoms with Crippen LogP contribution < -0.4 is 11.1 Å². The van der Waals surface area contributed by atoms with Gasteiger partial charge in [-0.25, -0.2) is 0 Å². The molecular weight excluding hydrogens is 266 g/mol. The van der Waals surface area contributed by atoms with Crippen molar-refractivity contribution in [3.8, 4) is 0 Å². The highest BCUT2D eigenvalue weighted by atomic mass is 16.2. The van der Waals surface area contributed by atoms with Crippen molar-refractivity contribution in [2.75, 3.05) is 11.1 Å². The van der Waals surface area contributed by atoms with Crippen LogP contribution in [0.1, 0.15) is 16.2 Å². The van der Waals surface area contributed by atoms with Gasteiger partial charge in [-0.15, -0.1) is 0 Å². The summed E-state index contributed by atoms with van der Waals surface area (Å²) >= 11 is 0. The van der Waals surface area contributed by atoms with Crippen molar-refractivity contribution >= 4 is 28.2 Å². The van der Waals surface area contributed by atoms with Crippen molar-refractivity contribution in [1.82, 2.24) is 14.8 Å². The van der Waals surface area contributed by atoms with E-state index in [9.17, 15) is 4.79 Å². The smallest absolute Gasteiger partial charge is 0.276 e. The topological polar surface area (TPSA) is 85.8 Å². The van der Waals surface area contributed by atoms with Crippen LogP contribution in [0.15, 0.2) is 36.5 Å². The Hall–Kier alpha value is -2.89. The Morgan fingerprint density at radius 2 is 2.10 bits per heavy atom. The number of aryl methyl sites for hydroxylation is 2. The number of rotatable bonds is 2. The zero-order valence-corrected chi connectivity index (χ0v) is 11.8. The first-order valence-corrected chi connectivity index (χ1v) is 6.52. The van der Waals surface area contributed by atoms with Gasteiger partial charge in [0.15, 0.2) is 0 Å². The summed E-state index contributed by atoms with van der Waals surface area (Å²) in [5.74, 6) is -0.285. The Labute approximate surface area is 121 Å². The van der Waals surface area contributed by atoms with Crippen molar-refractivity contribution in [1.29, 1.82) is 0 Å². The van der Waals surface area contributed by atoms with E-state index in [1.54, 1.807) is 20.2 Å². The highest BCUT2D eigenvalue weighted by molar-refractivity contribution is 6.10. The summed E-state index contributed by atoms with van der Waals surface area (Å²) in [7, 11) is 1.70. The largest absolute Gasteiger partial charge is 0.395 e. The Bertz CT molecular complexity index is 832. The first-order valence-electron chi connectivity index (χ1n) is 6.52. The summed E-state index contributed by atoms with van der Waals surface area (Å²) in [4.78, 5) is 16.7. The fraction of sp³-hybridized carbons (Fsp3) is 0.133. The third kappa shape index (κ3) is 2.20. The van der Waals surface area contributed by atoms with Crippen molar-refractivity contribution in [2.45, 2.75) is 6.92 Å². The summed E-state index contributed by atoms with van der Waals surface area (Å²) in [6.07, 6.45) is 1.72. The first-order chi connectivity index (χ1) is 10.1. The maximum Gasteiger partial charge on any atom is 0.276 e. The Kier molecular flexibility index (Phi) is 3.06. The molecule has 2 aromatic heterocycles. The molecule has 106 valence electrons. The number of benzene rings is 1. The molecule has 3 rings (SSSR count). The zero-order valence-electron chi connectivity index (χ0n) is 11.8. The SMILES string of the molecule is Cc1nn(C)c(C(=O)Nc2cccc3ncccc23)c1N. The number of carbonyl (C=O) groups excluding carboxylic acids is 1. The third-order valence-corrected chi connectivity index (χ3v) is 3.38. The van der Waals surface area contributed by atoms with Crippen LogP contribution in [0.25, 0.3) is 10.9 Å². The molecule has 0 saturated heterocycles. The van der Waals surface area contributed by atoms with E-state index in [4.69, 9.17) is 5.73 Å². The number of nitrogens with two attached hydrogens (primary N) is 1. The summed E-state index contributed by atoms with van der Waals surface area (Å²) in [6.45, 7) is 1.77. The number of fused-ring (bicyclic) bond motifs is 1. The number of aromatic nitrogens is 3. The number of carbonyl (C=O) groups is 1. The molecular formula is C15H15N5O. The lowest BCUT2D eigenvalue weighted by Crippen LogP contribution is -2.17. The van der Waals surface area contributed by atoms with E-state index in [1.165, 1.54) is 4.68 Å². The molecule has 0 bridgehead atoms. The van der Waals surface area contributed by atoms with Crippen LogP contribution in [-0.2, 0) is 7.05 Å². The molecule has 1 aromatic carbocycles. The van der Waals surface area contributed by atoms with Gasteiger partial charge in [-0.05, 0) is 31.2 Å². The van der Waals surface area contributed by atoms with Gasteiger partial charge in [0.2, 0.25) is 0 Å². The van der Waals surface area contributed by atoms with Crippen LogP contribution >= 0.6 is 0 Å². The molecule has 0 radical (unpaired) electrons. The van der Waals surface area contributed by atoms with Crippen molar-refractivity contribution < 1.29 is 4.79 Å². The van der Waals surface area contributed by atoms with Gasteiger partial charge in [-0.2, -0.15) is 5.10 Å². The van der Waals surface area contributed by atoms with Crippen molar-refractivity contribution in [3.05, 3.63) is 47.9 Å². The average molecular weight is 281 g/mol. The maximum absolute atomic E-state index is 12.4. The molecule has 1 amide bonds. The normalized spacial score (nSPS) is 10.8. The van der Waals surface area contributed by atoms with E-state index in [0.717, 1.165) is 10.9 Å². The number of hydrogen-bond donors (Lipinski definition) is 2. The molecule has 0 spiro atoms. The van der Waals surface area contributed by atoms with E-state index in [2.05, 4.69) is 15.4 Å². The number of nitrogens with one attached hydrogen (secondary N) is 1. The molecule has 0 unspecified atom stereocenters. The lowest BCUT2D eigenvalue weighted by Gasteiger charge is -2.09. The summed E-state index contributed by atoms with van der Waals surface area (Å²) in [5, 5.41) is 7.91. The molecule has 0 aliphatic carbocycles. The van der Waals surface area contributed by atoms with Gasteiger partial charge < -0.3 is 11.1 Å². The van der Waals surface area contributed by atoms with Crippen LogP contribution in [0, 0.1) is 6.92 Å². The van der Waals surface area contributed by atoms with Crippen LogP contribution in [0.4, 0.5) is 11.4 Å². The van der Waals surface area contributed by atoms with Crippen molar-refractivity contribution in [3.63, 3.8) is 0 Å². The Morgan fingerprint density at radius 1 is 1.29 bits per heavy atom. The van der Waals surface area contributed by atoms with Gasteiger partial charge in [0.1, 0.15) is 5.69 Å². The zero-order chi connectivity index (χ0) is 15.0. The van der Waals surface area contributed by atoms with Crippen LogP contribution in [0.5, 0.6) is 0 Å². The average Bonchev–Trinajstić information content (AvgIpc) is 2.72. The van der Waals surface area contributed by atoms with Gasteiger partial charge in [0.05, 0.1) is 22.6 Å². The number of nitrogen functional groups attached to an aromatic ring is 1. The molecule has 6 heteroatoms. The molecule has 0 aliphatic heterocycles. The van der Waals surface area contributed by atoms with Crippen LogP contribution in [0.2, 0.25) is 0 Å². The molecule has 6 nitrogen and oxygen atoms in total. The fourth-order valence-corrected chi connectivity index (χ4v) is 2.34. The predicted octanol–water partition coefficient (Wildman–Crippen LogP) is 2.11. The molecule has 0 atom stereocenters. The molecule has 0 saturated carbocycles. The number of nitrogens with zero attached hydrogens (tertiary/aromatic N) is 3. The highest BCUT2D eigenvalue weighted by Gasteiger charge is 2.18. The van der Waals surface area contributed by atoms with Crippen molar-refractivity contribution in [2.24, 2.45) is 7.05 Å². The molecule has 0 aliphatic rings. The fourth-order valence-electron chi connectivity index (χ4n) is 2.34. The summed E-state index contributed by atoms with van der Waals surface area (Å²) in [6, 6.07) is 9.33. The van der Waals surface area contributed by atoms with Crippen LogP contribution in [-0.4, -0.2) is 20.7 Å². The molecule has 21 heavy (non-hydrogen) atoms. The number of hydrogen-bond acceptors (Lipinski definition) is 4. The van der Waals surface area contributed by atoms with E-state index in [1.807, 2.05) is 30.3 Å². The van der Waals surface area contributed by atoms with E-state index in [0.29, 0.717) is 22.8 Å². The highest BCUT2D eigenvalue weighted by Crippen LogP contribution is 2.23. The lowest BCUT2D eigenvalue weighted by atomic mass is 10.1. The van der Waals surface area contributed by atoms with Crippen LogP contribution in [0.3, 0.4) is 0 Å². The second kappa shape index (κ2) is 4.90. The standard InChI is InChI=1S/C15H15N5O/c1-9-13(16)14(20(2)19-9)15(21)18-12-7-3-6-11-10(12)5-4-8-17-11/h3-8H,16H2,1-2H3,(H,18,21). The second-order valence-electron chi connectivity index (χ2n) is 4.80. The van der Waals surface area contributed by atoms with E-state index < -0.39 is 0 Å². The Balaban J connectivity index is 2.01. The van der Waals surface area contributed by atoms with Gasteiger partial charge >= 0.3 is 0 Å². The van der Waals surface area contributed by atoms with Gasteiger partial charge in [-0.3, -0.25) is 14.5 Å². The lowest BCUT2D eigenvalue weighted by molar-refractivity contribution is 0.101. The molecule has 3 aromatic rings. The summed E-state index contributed by atoms with van der Waals surface area (Å²) < 4.78 is 1.49. The van der Waals surface area contributed by atoms with Gasteiger partial charge in [0, 0.05) is 18.6 Å². The molecule has 2 heterocycles. The molecule has 0 fully saturated rings. The number of pyridine rings is 1. The Morgan fingerprint density at radius 3 is 2.81 bits per heavy atom. The van der Waals surface area contributed by atoms with E-state index in [-0.39, 0.29) is 5.91 Å². The molecule has 3 N–H and O–H groups in total. The minimum absolute atomic E-state index is 0.285. The van der Waals surface area contributed by atoms with E-state index >= 15 is 0 Å². The number of amides is 1. The maximum atomic E-state index is 12.4. The minimum atomic E-state index is -0.285. The summed E-state index contributed by atoms with van der Waals surface area (Å²) in [5.41, 5.74) is 8.83. The number of anilines is 2. The minimum Gasteiger partial charge on any atom is -0.395 e. The predicted molar refractivity (Wildman–Crippen MR) is 82.1 cm³/mol. The monoisotopic (exact) mass is 281 g/mol. The van der Waals surface area contributed by atoms with Gasteiger partial charge in [0.25, 0.3) is 5.91 Å². The second-order valence-corrected chi connectivity index (χ2v) is 4.80. The third-order valence-electron chi connectivity index (χ3n) is 3.38. The first kappa shape index (κ1) is 13.1. The van der Waals surface area contributed by atoms with Gasteiger partial charge in [-0.1, -0.05) is 6.07 Å². The quantitative estimate of drug-likeness (QED) is 0.753.